The van der Waals surface area contributed by atoms with Crippen LogP contribution in [0.25, 0.3) is 0 Å². The van der Waals surface area contributed by atoms with Crippen molar-refractivity contribution in [3.05, 3.63) is 24.3 Å². The molecule has 1 atom stereocenters. The summed E-state index contributed by atoms with van der Waals surface area (Å²) in [5.74, 6) is 0.208. The predicted molar refractivity (Wildman–Crippen MR) is 81.4 cm³/mol. The quantitative estimate of drug-likeness (QED) is 0.827. The zero-order chi connectivity index (χ0) is 16.1. The average Bonchev–Trinajstić information content (AvgIpc) is 2.54. The monoisotopic (exact) mass is 301 g/mol. The molecule has 0 bridgehead atoms. The Kier molecular flexibility index (Phi) is 4.99. The van der Waals surface area contributed by atoms with E-state index in [0.717, 1.165) is 0 Å². The van der Waals surface area contributed by atoms with Gasteiger partial charge in [-0.3, -0.25) is 14.5 Å². The summed E-state index contributed by atoms with van der Waals surface area (Å²) in [5.41, 5.74) is 0.610. The van der Waals surface area contributed by atoms with Gasteiger partial charge in [0.25, 0.3) is 5.91 Å². The van der Waals surface area contributed by atoms with Crippen LogP contribution in [0.2, 0.25) is 0 Å². The van der Waals surface area contributed by atoms with Crippen LogP contribution in [0.4, 0.5) is 5.69 Å². The van der Waals surface area contributed by atoms with Crippen LogP contribution >= 0.6 is 0 Å². The molecule has 0 saturated carbocycles. The average molecular weight is 301 g/mol. The van der Waals surface area contributed by atoms with E-state index in [9.17, 15) is 9.59 Å². The second kappa shape index (κ2) is 6.94. The van der Waals surface area contributed by atoms with Gasteiger partial charge < -0.3 is 9.64 Å². The molecule has 0 spiro atoms. The lowest BCUT2D eigenvalue weighted by atomic mass is 10.1. The van der Waals surface area contributed by atoms with Crippen molar-refractivity contribution in [1.82, 2.24) is 4.90 Å². The standard InChI is InChI=1S/C16H19N3O3/c1-3-13-16(21)19(11-15(20)18(2)10-6-9-17)12-7-4-5-8-14(12)22-13/h4-5,7-8,13H,3,6,10-11H2,1-2H3. The minimum absolute atomic E-state index is 0.0440. The van der Waals surface area contributed by atoms with Gasteiger partial charge in [-0.05, 0) is 18.6 Å². The Morgan fingerprint density at radius 3 is 2.86 bits per heavy atom. The maximum atomic E-state index is 12.5. The number of carbonyl (C=O) groups is 2. The molecule has 0 saturated heterocycles. The zero-order valence-corrected chi connectivity index (χ0v) is 12.8. The second-order valence-corrected chi connectivity index (χ2v) is 5.13. The number of likely N-dealkylation sites (N-methyl/N-ethyl adjacent to an activating group) is 1. The SMILES string of the molecule is CCC1Oc2ccccc2N(CC(=O)N(C)CCC#N)C1=O. The number of nitriles is 1. The van der Waals surface area contributed by atoms with Crippen LogP contribution in [-0.4, -0.2) is 43.0 Å². The Balaban J connectivity index is 2.19. The van der Waals surface area contributed by atoms with E-state index in [1.54, 1.807) is 25.2 Å². The number of fused-ring (bicyclic) bond motifs is 1. The summed E-state index contributed by atoms with van der Waals surface area (Å²) in [6, 6.07) is 9.20. The third-order valence-electron chi connectivity index (χ3n) is 3.62. The molecule has 0 radical (unpaired) electrons. The van der Waals surface area contributed by atoms with E-state index in [-0.39, 0.29) is 24.8 Å². The number of ether oxygens (including phenoxy) is 1. The van der Waals surface area contributed by atoms with Gasteiger partial charge in [0.1, 0.15) is 12.3 Å². The Labute approximate surface area is 129 Å². The van der Waals surface area contributed by atoms with Crippen molar-refractivity contribution >= 4 is 17.5 Å². The van der Waals surface area contributed by atoms with E-state index >= 15 is 0 Å². The van der Waals surface area contributed by atoms with Gasteiger partial charge in [0, 0.05) is 13.6 Å². The lowest BCUT2D eigenvalue weighted by Gasteiger charge is -2.34. The summed E-state index contributed by atoms with van der Waals surface area (Å²) in [7, 11) is 1.63. The molecule has 2 amide bonds. The Morgan fingerprint density at radius 1 is 1.45 bits per heavy atom. The molecule has 2 rings (SSSR count). The number of amides is 2. The molecule has 1 aromatic rings. The second-order valence-electron chi connectivity index (χ2n) is 5.13. The Bertz CT molecular complexity index is 609. The van der Waals surface area contributed by atoms with Crippen LogP contribution in [0.15, 0.2) is 24.3 Å². The maximum absolute atomic E-state index is 12.5. The van der Waals surface area contributed by atoms with Gasteiger partial charge in [-0.15, -0.1) is 0 Å². The van der Waals surface area contributed by atoms with Crippen LogP contribution in [0.1, 0.15) is 19.8 Å². The van der Waals surface area contributed by atoms with E-state index in [1.807, 2.05) is 19.1 Å². The molecule has 0 aromatic heterocycles. The number of para-hydroxylation sites is 2. The van der Waals surface area contributed by atoms with Gasteiger partial charge in [0.05, 0.1) is 18.2 Å². The number of rotatable bonds is 5. The van der Waals surface area contributed by atoms with E-state index in [2.05, 4.69) is 0 Å². The normalized spacial score (nSPS) is 16.5. The molecule has 1 aliphatic heterocycles. The largest absolute Gasteiger partial charge is 0.478 e. The maximum Gasteiger partial charge on any atom is 0.268 e. The van der Waals surface area contributed by atoms with Crippen molar-refractivity contribution in [2.75, 3.05) is 25.0 Å². The van der Waals surface area contributed by atoms with Crippen molar-refractivity contribution < 1.29 is 14.3 Å². The molecular weight excluding hydrogens is 282 g/mol. The van der Waals surface area contributed by atoms with Crippen LogP contribution in [0.3, 0.4) is 0 Å². The van der Waals surface area contributed by atoms with Gasteiger partial charge in [0.15, 0.2) is 6.10 Å². The number of nitrogens with zero attached hydrogens (tertiary/aromatic N) is 3. The molecule has 6 nitrogen and oxygen atoms in total. The van der Waals surface area contributed by atoms with Crippen LogP contribution in [0.5, 0.6) is 5.75 Å². The molecule has 6 heteroatoms. The molecule has 116 valence electrons. The van der Waals surface area contributed by atoms with Crippen LogP contribution < -0.4 is 9.64 Å². The summed E-state index contributed by atoms with van der Waals surface area (Å²) in [6.45, 7) is 2.18. The molecular formula is C16H19N3O3. The first-order valence-electron chi connectivity index (χ1n) is 7.26. The highest BCUT2D eigenvalue weighted by Crippen LogP contribution is 2.34. The number of hydrogen-bond donors (Lipinski definition) is 0. The van der Waals surface area contributed by atoms with Gasteiger partial charge in [-0.2, -0.15) is 5.26 Å². The minimum Gasteiger partial charge on any atom is -0.478 e. The Hall–Kier alpha value is -2.55. The van der Waals surface area contributed by atoms with Gasteiger partial charge in [-0.25, -0.2) is 0 Å². The first kappa shape index (κ1) is 15.8. The highest BCUT2D eigenvalue weighted by Gasteiger charge is 2.34. The molecule has 0 N–H and O–H groups in total. The molecule has 1 aromatic carbocycles. The van der Waals surface area contributed by atoms with Crippen molar-refractivity contribution in [2.45, 2.75) is 25.9 Å². The molecule has 1 aliphatic rings. The summed E-state index contributed by atoms with van der Waals surface area (Å²) < 4.78 is 5.67. The number of hydrogen-bond acceptors (Lipinski definition) is 4. The smallest absolute Gasteiger partial charge is 0.268 e. The topological polar surface area (TPSA) is 73.6 Å². The van der Waals surface area contributed by atoms with Crippen LogP contribution in [0, 0.1) is 11.3 Å². The summed E-state index contributed by atoms with van der Waals surface area (Å²) in [5, 5.41) is 8.59. The highest BCUT2D eigenvalue weighted by atomic mass is 16.5. The van der Waals surface area contributed by atoms with Gasteiger partial charge >= 0.3 is 0 Å². The van der Waals surface area contributed by atoms with Gasteiger partial charge in [0.2, 0.25) is 5.91 Å². The third-order valence-corrected chi connectivity index (χ3v) is 3.62. The van der Waals surface area contributed by atoms with E-state index in [1.165, 1.54) is 9.80 Å². The van der Waals surface area contributed by atoms with E-state index < -0.39 is 6.10 Å². The Morgan fingerprint density at radius 2 is 2.18 bits per heavy atom. The van der Waals surface area contributed by atoms with Crippen molar-refractivity contribution in [2.24, 2.45) is 0 Å². The first-order valence-corrected chi connectivity index (χ1v) is 7.26. The number of anilines is 1. The molecule has 22 heavy (non-hydrogen) atoms. The summed E-state index contributed by atoms with van der Waals surface area (Å²) in [4.78, 5) is 27.7. The van der Waals surface area contributed by atoms with Crippen LogP contribution in [-0.2, 0) is 9.59 Å². The fraction of sp³-hybridized carbons (Fsp3) is 0.438. The summed E-state index contributed by atoms with van der Waals surface area (Å²) in [6.07, 6.45) is 0.252. The van der Waals surface area contributed by atoms with Crippen molar-refractivity contribution in [1.29, 1.82) is 5.26 Å². The number of carbonyl (C=O) groups excluding carboxylic acids is 2. The molecule has 1 unspecified atom stereocenters. The molecule has 0 fully saturated rings. The highest BCUT2D eigenvalue weighted by molar-refractivity contribution is 6.03. The van der Waals surface area contributed by atoms with Crippen molar-refractivity contribution in [3.8, 4) is 11.8 Å². The van der Waals surface area contributed by atoms with E-state index in [0.29, 0.717) is 24.4 Å². The lowest BCUT2D eigenvalue weighted by molar-refractivity contribution is -0.132. The first-order chi connectivity index (χ1) is 10.6. The summed E-state index contributed by atoms with van der Waals surface area (Å²) >= 11 is 0. The zero-order valence-electron chi connectivity index (χ0n) is 12.8. The third kappa shape index (κ3) is 3.19. The van der Waals surface area contributed by atoms with Crippen molar-refractivity contribution in [3.63, 3.8) is 0 Å². The minimum atomic E-state index is -0.563. The molecule has 1 heterocycles. The fourth-order valence-electron chi connectivity index (χ4n) is 2.30. The van der Waals surface area contributed by atoms with Gasteiger partial charge in [-0.1, -0.05) is 19.1 Å². The predicted octanol–water partition coefficient (Wildman–Crippen LogP) is 1.56. The van der Waals surface area contributed by atoms with E-state index in [4.69, 9.17) is 10.00 Å². The lowest BCUT2D eigenvalue weighted by Crippen LogP contribution is -2.49. The fourth-order valence-corrected chi connectivity index (χ4v) is 2.30. The number of benzene rings is 1. The molecule has 0 aliphatic carbocycles.